The van der Waals surface area contributed by atoms with Gasteiger partial charge in [-0.05, 0) is 47.9 Å². The van der Waals surface area contributed by atoms with E-state index < -0.39 is 11.7 Å². The maximum absolute atomic E-state index is 12.6. The van der Waals surface area contributed by atoms with Crippen LogP contribution < -0.4 is 16.8 Å². The van der Waals surface area contributed by atoms with Crippen molar-refractivity contribution in [3.63, 3.8) is 0 Å². The van der Waals surface area contributed by atoms with Crippen LogP contribution in [0.5, 0.6) is 0 Å². The van der Waals surface area contributed by atoms with Gasteiger partial charge in [0.2, 0.25) is 5.91 Å². The molecule has 7 heteroatoms. The lowest BCUT2D eigenvalue weighted by Crippen LogP contribution is -2.72. The van der Waals surface area contributed by atoms with Gasteiger partial charge in [-0.1, -0.05) is 48.5 Å². The first kappa shape index (κ1) is 24.1. The van der Waals surface area contributed by atoms with Crippen molar-refractivity contribution in [2.24, 2.45) is 16.9 Å². The number of hydrogen-bond donors (Lipinski definition) is 3. The lowest BCUT2D eigenvalue weighted by molar-refractivity contribution is -0.190. The molecule has 2 saturated heterocycles. The zero-order chi connectivity index (χ0) is 24.8. The Hall–Kier alpha value is -2.29. The monoisotopic (exact) mass is 489 g/mol. The molecule has 2 aliphatic heterocycles. The van der Waals surface area contributed by atoms with E-state index in [4.69, 9.17) is 16.2 Å². The summed E-state index contributed by atoms with van der Waals surface area (Å²) >= 11 is 0. The first-order valence-corrected chi connectivity index (χ1v) is 13.5. The van der Waals surface area contributed by atoms with Crippen LogP contribution >= 0.6 is 0 Å². The number of carbonyl (C=O) groups excluding carboxylic acids is 1. The standard InChI is InChI=1S/C29H39N5O2/c30-26(32-27(35)29(31)17-28(18-29)19-36-20-28)15-21-1-5-23(6-2-21)24-7-3-22(4-8-24)16-33-11-13-34(14-12-33)25-9-10-25/h1-8,25-26H,9-20,30-31H2,(H,32,35)/t26-/m1/s1. The Balaban J connectivity index is 0.977. The number of amides is 1. The summed E-state index contributed by atoms with van der Waals surface area (Å²) in [4.78, 5) is 17.9. The van der Waals surface area contributed by atoms with Gasteiger partial charge in [-0.2, -0.15) is 0 Å². The molecule has 1 atom stereocenters. The molecule has 36 heavy (non-hydrogen) atoms. The minimum atomic E-state index is -0.803. The summed E-state index contributed by atoms with van der Waals surface area (Å²) in [5.41, 5.74) is 16.8. The zero-order valence-corrected chi connectivity index (χ0v) is 21.1. The predicted octanol–water partition coefficient (Wildman–Crippen LogP) is 2.08. The van der Waals surface area contributed by atoms with Crippen molar-refractivity contribution in [2.75, 3.05) is 39.4 Å². The minimum absolute atomic E-state index is 0.134. The molecule has 0 unspecified atom stereocenters. The van der Waals surface area contributed by atoms with Crippen molar-refractivity contribution in [3.8, 4) is 11.1 Å². The number of nitrogens with two attached hydrogens (primary N) is 2. The first-order valence-electron chi connectivity index (χ1n) is 13.5. The van der Waals surface area contributed by atoms with E-state index in [1.54, 1.807) is 0 Å². The topological polar surface area (TPSA) is 96.9 Å². The van der Waals surface area contributed by atoms with E-state index in [9.17, 15) is 4.79 Å². The normalized spacial score (nSPS) is 24.1. The number of piperazine rings is 1. The Morgan fingerprint density at radius 2 is 1.53 bits per heavy atom. The Kier molecular flexibility index (Phi) is 6.38. The highest BCUT2D eigenvalue weighted by Crippen LogP contribution is 2.51. The third-order valence-electron chi connectivity index (χ3n) is 8.54. The van der Waals surface area contributed by atoms with Crippen molar-refractivity contribution >= 4 is 5.91 Å². The van der Waals surface area contributed by atoms with E-state index in [0.29, 0.717) is 19.3 Å². The van der Waals surface area contributed by atoms with Gasteiger partial charge in [0, 0.05) is 50.6 Å². The highest BCUT2D eigenvalue weighted by molar-refractivity contribution is 5.87. The highest BCUT2D eigenvalue weighted by atomic mass is 16.5. The molecule has 7 nitrogen and oxygen atoms in total. The number of benzene rings is 2. The molecule has 1 amide bonds. The number of rotatable bonds is 8. The summed E-state index contributed by atoms with van der Waals surface area (Å²) in [5, 5.41) is 2.92. The minimum Gasteiger partial charge on any atom is -0.380 e. The van der Waals surface area contributed by atoms with Gasteiger partial charge in [0.25, 0.3) is 0 Å². The van der Waals surface area contributed by atoms with Crippen molar-refractivity contribution in [1.29, 1.82) is 0 Å². The van der Waals surface area contributed by atoms with Crippen LogP contribution in [-0.2, 0) is 22.5 Å². The molecular weight excluding hydrogens is 450 g/mol. The van der Waals surface area contributed by atoms with E-state index in [-0.39, 0.29) is 11.3 Å². The van der Waals surface area contributed by atoms with Gasteiger partial charge in [-0.15, -0.1) is 0 Å². The molecular formula is C29H39N5O2. The van der Waals surface area contributed by atoms with Crippen LogP contribution in [0.1, 0.15) is 36.8 Å². The van der Waals surface area contributed by atoms with E-state index >= 15 is 0 Å². The maximum atomic E-state index is 12.6. The molecule has 5 N–H and O–H groups in total. The quantitative estimate of drug-likeness (QED) is 0.492. The lowest BCUT2D eigenvalue weighted by atomic mass is 9.56. The molecule has 4 fully saturated rings. The van der Waals surface area contributed by atoms with E-state index in [2.05, 4.69) is 63.6 Å². The van der Waals surface area contributed by atoms with Crippen molar-refractivity contribution in [3.05, 3.63) is 59.7 Å². The number of nitrogens with zero attached hydrogens (tertiary/aromatic N) is 2. The highest BCUT2D eigenvalue weighted by Gasteiger charge is 2.60. The molecule has 2 aromatic rings. The maximum Gasteiger partial charge on any atom is 0.241 e. The summed E-state index contributed by atoms with van der Waals surface area (Å²) in [6.45, 7) is 7.24. The van der Waals surface area contributed by atoms with Crippen LogP contribution in [0.25, 0.3) is 11.1 Å². The van der Waals surface area contributed by atoms with Crippen molar-refractivity contribution < 1.29 is 9.53 Å². The van der Waals surface area contributed by atoms with Crippen LogP contribution in [0, 0.1) is 5.41 Å². The van der Waals surface area contributed by atoms with E-state index in [0.717, 1.165) is 31.4 Å². The Morgan fingerprint density at radius 1 is 0.944 bits per heavy atom. The van der Waals surface area contributed by atoms with Crippen LogP contribution in [0.3, 0.4) is 0 Å². The van der Waals surface area contributed by atoms with Gasteiger partial charge in [-0.3, -0.25) is 14.6 Å². The summed E-state index contributed by atoms with van der Waals surface area (Å²) in [5.74, 6) is -0.144. The fourth-order valence-corrected chi connectivity index (χ4v) is 6.28. The van der Waals surface area contributed by atoms with E-state index in [1.807, 2.05) is 0 Å². The summed E-state index contributed by atoms with van der Waals surface area (Å²) in [6, 6.07) is 18.3. The second-order valence-corrected chi connectivity index (χ2v) is 11.7. The largest absolute Gasteiger partial charge is 0.380 e. The van der Waals surface area contributed by atoms with Crippen LogP contribution in [0.4, 0.5) is 0 Å². The van der Waals surface area contributed by atoms with Crippen LogP contribution in [0.2, 0.25) is 0 Å². The first-order chi connectivity index (χ1) is 17.4. The van der Waals surface area contributed by atoms with Crippen LogP contribution in [0.15, 0.2) is 48.5 Å². The average Bonchev–Trinajstić information content (AvgIpc) is 3.68. The van der Waals surface area contributed by atoms with E-state index in [1.165, 1.54) is 55.7 Å². The molecule has 0 aromatic heterocycles. The molecule has 4 aliphatic rings. The molecule has 1 spiro atoms. The Labute approximate surface area is 214 Å². The number of ether oxygens (including phenoxy) is 1. The number of nitrogens with one attached hydrogen (secondary N) is 1. The summed E-state index contributed by atoms with van der Waals surface area (Å²) in [6.07, 6.45) is 4.29. The lowest BCUT2D eigenvalue weighted by Gasteiger charge is -2.57. The van der Waals surface area contributed by atoms with Crippen LogP contribution in [-0.4, -0.2) is 72.8 Å². The van der Waals surface area contributed by atoms with Gasteiger partial charge in [-0.25, -0.2) is 0 Å². The third kappa shape index (κ3) is 5.08. The molecule has 192 valence electrons. The number of hydrogen-bond acceptors (Lipinski definition) is 6. The van der Waals surface area contributed by atoms with Gasteiger partial charge < -0.3 is 21.5 Å². The van der Waals surface area contributed by atoms with Gasteiger partial charge in [0.15, 0.2) is 0 Å². The van der Waals surface area contributed by atoms with Crippen molar-refractivity contribution in [1.82, 2.24) is 15.1 Å². The smallest absolute Gasteiger partial charge is 0.241 e. The van der Waals surface area contributed by atoms with Gasteiger partial charge in [0.05, 0.1) is 24.9 Å². The molecule has 2 aliphatic carbocycles. The third-order valence-corrected chi connectivity index (χ3v) is 8.54. The average molecular weight is 490 g/mol. The van der Waals surface area contributed by atoms with Crippen molar-refractivity contribution in [2.45, 2.75) is 56.4 Å². The molecule has 2 saturated carbocycles. The van der Waals surface area contributed by atoms with Gasteiger partial charge >= 0.3 is 0 Å². The summed E-state index contributed by atoms with van der Waals surface area (Å²) in [7, 11) is 0. The second kappa shape index (κ2) is 9.54. The Bertz CT molecular complexity index is 1060. The molecule has 2 aromatic carbocycles. The molecule has 0 radical (unpaired) electrons. The molecule has 6 rings (SSSR count). The molecule has 2 heterocycles. The molecule has 0 bridgehead atoms. The number of carbonyl (C=O) groups is 1. The predicted molar refractivity (Wildman–Crippen MR) is 141 cm³/mol. The summed E-state index contributed by atoms with van der Waals surface area (Å²) < 4.78 is 5.29. The second-order valence-electron chi connectivity index (χ2n) is 11.7. The fraction of sp³-hybridized carbons (Fsp3) is 0.552. The fourth-order valence-electron chi connectivity index (χ4n) is 6.28. The Morgan fingerprint density at radius 3 is 2.06 bits per heavy atom. The zero-order valence-electron chi connectivity index (χ0n) is 21.1. The van der Waals surface area contributed by atoms with Gasteiger partial charge in [0.1, 0.15) is 0 Å². The SMILES string of the molecule is N[C@@H](Cc1ccc(-c2ccc(CN3CCN(C4CC4)CC3)cc2)cc1)NC(=O)C1(N)CC2(COC2)C1.